The molecule has 0 heterocycles. The van der Waals surface area contributed by atoms with Crippen LogP contribution in [0.5, 0.6) is 0 Å². The van der Waals surface area contributed by atoms with Crippen molar-refractivity contribution in [1.82, 2.24) is 5.48 Å². The van der Waals surface area contributed by atoms with Crippen LogP contribution in [0.3, 0.4) is 0 Å². The molecule has 0 aromatic heterocycles. The van der Waals surface area contributed by atoms with E-state index in [1.54, 1.807) is 13.8 Å². The van der Waals surface area contributed by atoms with E-state index in [9.17, 15) is 4.57 Å². The van der Waals surface area contributed by atoms with Crippen molar-refractivity contribution in [3.05, 3.63) is 0 Å². The highest BCUT2D eigenvalue weighted by Gasteiger charge is 2.27. The molecule has 0 aliphatic carbocycles. The smallest absolute Gasteiger partial charge is 0.286 e. The van der Waals surface area contributed by atoms with E-state index in [-0.39, 0.29) is 19.1 Å². The van der Waals surface area contributed by atoms with E-state index in [4.69, 9.17) is 25.9 Å². The maximum Gasteiger partial charge on any atom is 0.496 e. The summed E-state index contributed by atoms with van der Waals surface area (Å²) >= 11 is 5.14. The van der Waals surface area contributed by atoms with Crippen LogP contribution in [0.2, 0.25) is 0 Å². The van der Waals surface area contributed by atoms with E-state index >= 15 is 0 Å². The van der Waals surface area contributed by atoms with Crippen molar-refractivity contribution in [3.8, 4) is 0 Å². The molecule has 0 saturated heterocycles. The largest absolute Gasteiger partial charge is 0.496 e. The molecule has 17 heavy (non-hydrogen) atoms. The van der Waals surface area contributed by atoms with Crippen LogP contribution in [-0.2, 0) is 18.2 Å². The van der Waals surface area contributed by atoms with Crippen molar-refractivity contribution < 1.29 is 18.2 Å². The summed E-state index contributed by atoms with van der Waals surface area (Å²) < 4.78 is 26.8. The second-order valence-electron chi connectivity index (χ2n) is 3.35. The molecular formula is C10H22NO4PS. The zero-order valence-corrected chi connectivity index (χ0v) is 12.6. The number of thiocarbonyl (C=S) groups is 1. The summed E-state index contributed by atoms with van der Waals surface area (Å²) in [6.45, 7) is 8.00. The predicted molar refractivity (Wildman–Crippen MR) is 71.7 cm³/mol. The Balaban J connectivity index is 4.30. The maximum atomic E-state index is 11.9. The molecule has 0 fully saturated rings. The SMILES string of the molecule is CCOP(=O)(OCC)ONC(=S)C(CC)CC. The molecule has 0 aliphatic rings. The zero-order chi connectivity index (χ0) is 13.3. The van der Waals surface area contributed by atoms with Gasteiger partial charge in [0, 0.05) is 5.92 Å². The lowest BCUT2D eigenvalue weighted by atomic mass is 10.0. The van der Waals surface area contributed by atoms with Gasteiger partial charge in [0.15, 0.2) is 0 Å². The van der Waals surface area contributed by atoms with Gasteiger partial charge in [-0.2, -0.15) is 4.62 Å². The normalized spacial score (nSPS) is 11.8. The fourth-order valence-corrected chi connectivity index (χ4v) is 2.71. The molecule has 0 bridgehead atoms. The minimum Gasteiger partial charge on any atom is -0.286 e. The van der Waals surface area contributed by atoms with Crippen LogP contribution in [0.4, 0.5) is 0 Å². The third kappa shape index (κ3) is 6.48. The van der Waals surface area contributed by atoms with Crippen LogP contribution < -0.4 is 5.48 Å². The van der Waals surface area contributed by atoms with Gasteiger partial charge in [-0.25, -0.2) is 10.0 Å². The number of rotatable bonds is 9. The van der Waals surface area contributed by atoms with Crippen molar-refractivity contribution in [2.24, 2.45) is 5.92 Å². The maximum absolute atomic E-state index is 11.9. The lowest BCUT2D eigenvalue weighted by Gasteiger charge is -2.19. The molecule has 0 amide bonds. The first-order chi connectivity index (χ1) is 8.02. The lowest BCUT2D eigenvalue weighted by molar-refractivity contribution is 0.0997. The highest BCUT2D eigenvalue weighted by molar-refractivity contribution is 7.80. The molecule has 0 unspecified atom stereocenters. The third-order valence-electron chi connectivity index (χ3n) is 2.19. The Morgan fingerprint density at radius 1 is 1.18 bits per heavy atom. The molecule has 5 nitrogen and oxygen atoms in total. The number of phosphoric acid groups is 1. The molecule has 1 N–H and O–H groups in total. The highest BCUT2D eigenvalue weighted by Crippen LogP contribution is 2.48. The zero-order valence-electron chi connectivity index (χ0n) is 10.9. The minimum absolute atomic E-state index is 0.210. The summed E-state index contributed by atoms with van der Waals surface area (Å²) in [5, 5.41) is 0. The molecule has 0 saturated carbocycles. The van der Waals surface area contributed by atoms with Gasteiger partial charge >= 0.3 is 7.82 Å². The molecule has 0 radical (unpaired) electrons. The van der Waals surface area contributed by atoms with Crippen molar-refractivity contribution in [2.45, 2.75) is 40.5 Å². The van der Waals surface area contributed by atoms with Crippen molar-refractivity contribution in [2.75, 3.05) is 13.2 Å². The first kappa shape index (κ1) is 17.0. The van der Waals surface area contributed by atoms with E-state index in [0.29, 0.717) is 4.99 Å². The Morgan fingerprint density at radius 3 is 2.00 bits per heavy atom. The van der Waals surface area contributed by atoms with Crippen molar-refractivity contribution in [1.29, 1.82) is 0 Å². The van der Waals surface area contributed by atoms with Crippen LogP contribution >= 0.6 is 20.0 Å². The Hall–Kier alpha value is -0.0000000000000000278. The molecule has 0 aromatic rings. The highest BCUT2D eigenvalue weighted by atomic mass is 32.1. The third-order valence-corrected chi connectivity index (χ3v) is 4.07. The standard InChI is InChI=1S/C10H22NO4PS/c1-5-9(6-2)10(17)11-15-16(12,13-7-3)14-8-4/h9H,5-8H2,1-4H3,(H,11,17). The summed E-state index contributed by atoms with van der Waals surface area (Å²) in [5.41, 5.74) is 2.51. The van der Waals surface area contributed by atoms with E-state index in [1.165, 1.54) is 0 Å². The van der Waals surface area contributed by atoms with Gasteiger partial charge < -0.3 is 0 Å². The predicted octanol–water partition coefficient (Wildman–Crippen LogP) is 3.45. The van der Waals surface area contributed by atoms with Crippen LogP contribution in [0.15, 0.2) is 0 Å². The first-order valence-electron chi connectivity index (χ1n) is 5.90. The number of phosphoric ester groups is 1. The Morgan fingerprint density at radius 2 is 1.65 bits per heavy atom. The summed E-state index contributed by atoms with van der Waals surface area (Å²) in [6, 6.07) is 0. The fraction of sp³-hybridized carbons (Fsp3) is 0.900. The summed E-state index contributed by atoms with van der Waals surface area (Å²) in [6.07, 6.45) is 1.80. The van der Waals surface area contributed by atoms with Gasteiger partial charge in [-0.1, -0.05) is 26.1 Å². The molecule has 0 aliphatic heterocycles. The number of hydroxylamine groups is 1. The number of hydrogen-bond acceptors (Lipinski definition) is 5. The van der Waals surface area contributed by atoms with Gasteiger partial charge in [0.25, 0.3) is 0 Å². The van der Waals surface area contributed by atoms with E-state index in [0.717, 1.165) is 12.8 Å². The average molecular weight is 283 g/mol. The van der Waals surface area contributed by atoms with Crippen molar-refractivity contribution in [3.63, 3.8) is 0 Å². The number of nitrogens with one attached hydrogen (secondary N) is 1. The molecule has 0 rings (SSSR count). The Kier molecular flexibility index (Phi) is 9.00. The van der Waals surface area contributed by atoms with Crippen LogP contribution in [0.1, 0.15) is 40.5 Å². The first-order valence-corrected chi connectivity index (χ1v) is 7.77. The number of hydrogen-bond donors (Lipinski definition) is 1. The molecule has 0 atom stereocenters. The molecule has 0 aromatic carbocycles. The topological polar surface area (TPSA) is 56.8 Å². The fourth-order valence-electron chi connectivity index (χ4n) is 1.25. The molecule has 102 valence electrons. The average Bonchev–Trinajstić information content (AvgIpc) is 2.29. The van der Waals surface area contributed by atoms with Crippen LogP contribution in [0, 0.1) is 5.92 Å². The van der Waals surface area contributed by atoms with E-state index in [1.807, 2.05) is 13.8 Å². The summed E-state index contributed by atoms with van der Waals surface area (Å²) in [5.74, 6) is 0.210. The molecular weight excluding hydrogens is 261 g/mol. The van der Waals surface area contributed by atoms with Gasteiger partial charge in [0.1, 0.15) is 4.99 Å². The van der Waals surface area contributed by atoms with E-state index < -0.39 is 7.82 Å². The van der Waals surface area contributed by atoms with Crippen molar-refractivity contribution >= 4 is 25.0 Å². The Labute approximate surface area is 109 Å². The Bertz CT molecular complexity index is 261. The summed E-state index contributed by atoms with van der Waals surface area (Å²) in [7, 11) is -3.53. The second kappa shape index (κ2) is 9.00. The van der Waals surface area contributed by atoms with Gasteiger partial charge in [-0.15, -0.1) is 0 Å². The minimum atomic E-state index is -3.53. The quantitative estimate of drug-likeness (QED) is 0.397. The molecule has 7 heteroatoms. The second-order valence-corrected chi connectivity index (χ2v) is 5.39. The monoisotopic (exact) mass is 283 g/mol. The van der Waals surface area contributed by atoms with Gasteiger partial charge in [0.05, 0.1) is 13.2 Å². The van der Waals surface area contributed by atoms with E-state index in [2.05, 4.69) is 5.48 Å². The summed E-state index contributed by atoms with van der Waals surface area (Å²) in [4.78, 5) is 0.523. The van der Waals surface area contributed by atoms with Gasteiger partial charge in [0.2, 0.25) is 0 Å². The molecule has 0 spiro atoms. The van der Waals surface area contributed by atoms with Gasteiger partial charge in [-0.3, -0.25) is 9.05 Å². The lowest BCUT2D eigenvalue weighted by Crippen LogP contribution is -2.28. The van der Waals surface area contributed by atoms with Gasteiger partial charge in [-0.05, 0) is 26.7 Å². The van der Waals surface area contributed by atoms with Crippen LogP contribution in [-0.4, -0.2) is 18.2 Å². The van der Waals surface area contributed by atoms with Crippen LogP contribution in [0.25, 0.3) is 0 Å².